The molecule has 0 saturated carbocycles. The molecule has 132 heavy (non-hydrogen) atoms. The Hall–Kier alpha value is -7.71. The Balaban J connectivity index is -0.000000340. The molecule has 0 spiro atoms. The third-order valence-electron chi connectivity index (χ3n) is 15.3. The van der Waals surface area contributed by atoms with Gasteiger partial charge in [0.15, 0.2) is 0 Å². The fourth-order valence-corrected chi connectivity index (χ4v) is 10.7. The summed E-state index contributed by atoms with van der Waals surface area (Å²) in [6, 6.07) is 18.3. The van der Waals surface area contributed by atoms with Gasteiger partial charge in [-0.3, -0.25) is 19.2 Å². The van der Waals surface area contributed by atoms with Crippen LogP contribution < -0.4 is 0 Å². The van der Waals surface area contributed by atoms with Crippen LogP contribution in [0.4, 0.5) is 0 Å². The maximum atomic E-state index is 11.1. The van der Waals surface area contributed by atoms with Crippen molar-refractivity contribution in [2.24, 2.45) is 29.6 Å². The number of halogens is 1. The van der Waals surface area contributed by atoms with Gasteiger partial charge in [-0.05, 0) is 222 Å². The minimum Gasteiger partial charge on any atom is -0.463 e. The maximum Gasteiger partial charge on any atom is 0.333 e. The summed E-state index contributed by atoms with van der Waals surface area (Å²) >= 11 is 9.46. The molecule has 1 fully saturated rings. The Morgan fingerprint density at radius 3 is 1.02 bits per heavy atom. The summed E-state index contributed by atoms with van der Waals surface area (Å²) in [5.74, 6) is 0.660. The molecule has 0 radical (unpaired) electrons. The summed E-state index contributed by atoms with van der Waals surface area (Å²) in [5.41, 5.74) is 1.17. The van der Waals surface area contributed by atoms with Crippen LogP contribution in [0.15, 0.2) is 139 Å². The Morgan fingerprint density at radius 2 is 0.705 bits per heavy atom. The second-order valence-electron chi connectivity index (χ2n) is 34.1. The van der Waals surface area contributed by atoms with E-state index in [2.05, 4.69) is 156 Å². The largest absolute Gasteiger partial charge is 0.463 e. The zero-order chi connectivity index (χ0) is 102. The first-order valence-electron chi connectivity index (χ1n) is 45.8. The molecule has 760 valence electrons. The van der Waals surface area contributed by atoms with Gasteiger partial charge in [0.2, 0.25) is 0 Å². The number of thioether (sulfide) groups is 2. The zero-order valence-corrected chi connectivity index (χ0v) is 87.7. The molecule has 0 amide bonds. The lowest BCUT2D eigenvalue weighted by atomic mass is 10.1. The molecule has 2 aromatic rings. The molecule has 4 unspecified atom stereocenters. The van der Waals surface area contributed by atoms with Crippen molar-refractivity contribution in [1.82, 2.24) is 0 Å². The van der Waals surface area contributed by atoms with Crippen LogP contribution >= 0.6 is 35.1 Å². The molecule has 1 aliphatic heterocycles. The van der Waals surface area contributed by atoms with E-state index in [0.29, 0.717) is 106 Å². The molecule has 3 rings (SSSR count). The van der Waals surface area contributed by atoms with E-state index in [-0.39, 0.29) is 161 Å². The van der Waals surface area contributed by atoms with Crippen molar-refractivity contribution in [3.63, 3.8) is 0 Å². The van der Waals surface area contributed by atoms with Crippen molar-refractivity contribution in [1.29, 1.82) is 0 Å². The van der Waals surface area contributed by atoms with Gasteiger partial charge in [-0.2, -0.15) is 0 Å². The Bertz CT molecular complexity index is 3280. The highest BCUT2D eigenvalue weighted by atomic mass is 35.5. The zero-order valence-electron chi connectivity index (χ0n) is 85.3. The molecule has 0 aliphatic carbocycles. The monoisotopic (exact) mass is 1930 g/mol. The van der Waals surface area contributed by atoms with Gasteiger partial charge in [0.25, 0.3) is 0 Å². The minimum absolute atomic E-state index is 0.0781. The quantitative estimate of drug-likeness (QED) is 0.0148. The fraction of sp³-hybridized carbons (Fsp3) is 0.667. The number of epoxide rings is 1. The normalized spacial score (nSPS) is 12.2. The first-order chi connectivity index (χ1) is 61.8. The van der Waals surface area contributed by atoms with Gasteiger partial charge in [-0.25, -0.2) is 28.8 Å². The molecule has 0 bridgehead atoms. The molecule has 2 aromatic carbocycles. The van der Waals surface area contributed by atoms with Crippen LogP contribution in [-0.4, -0.2) is 224 Å². The number of hydrogen-bond donors (Lipinski definition) is 0. The highest BCUT2D eigenvalue weighted by Gasteiger charge is 2.26. The van der Waals surface area contributed by atoms with Crippen LogP contribution in [0.5, 0.6) is 0 Å². The predicted octanol–water partition coefficient (Wildman–Crippen LogP) is 21.5. The number of rotatable bonds is 57. The van der Waals surface area contributed by atoms with E-state index in [1.54, 1.807) is 60.2 Å². The van der Waals surface area contributed by atoms with Gasteiger partial charge >= 0.3 is 59.7 Å². The van der Waals surface area contributed by atoms with Gasteiger partial charge in [0, 0.05) is 86.9 Å². The predicted molar refractivity (Wildman–Crippen MR) is 528 cm³/mol. The van der Waals surface area contributed by atoms with E-state index in [1.165, 1.54) is 15.9 Å². The number of carbonyl (C=O) groups is 10. The smallest absolute Gasteiger partial charge is 0.333 e. The lowest BCUT2D eigenvalue weighted by Gasteiger charge is -2.22. The van der Waals surface area contributed by atoms with Gasteiger partial charge in [-0.1, -0.05) is 139 Å². The van der Waals surface area contributed by atoms with Crippen LogP contribution in [0.2, 0.25) is 5.02 Å². The molecule has 1 saturated heterocycles. The molecular formula is C102H171ClO27S2. The van der Waals surface area contributed by atoms with Crippen LogP contribution in [0.3, 0.4) is 0 Å². The summed E-state index contributed by atoms with van der Waals surface area (Å²) in [7, 11) is 0. The van der Waals surface area contributed by atoms with Crippen molar-refractivity contribution in [3.05, 3.63) is 134 Å². The van der Waals surface area contributed by atoms with E-state index >= 15 is 0 Å². The van der Waals surface area contributed by atoms with Gasteiger partial charge < -0.3 is 80.5 Å². The van der Waals surface area contributed by atoms with Crippen LogP contribution in [0.1, 0.15) is 251 Å². The molecular weight excluding hydrogens is 1760 g/mol. The standard InChI is InChI=1S/C15H23ClO2S.C15H24O2S.2C11H18O4.C11H22O3.2C10H16O4.C10H18O2.C9H16O2/c1-11(2)17-9-14(18-12(3)4)10-19-15-7-5-13(16)6-8-15;1-12(2)16-10-14(17-13(3)4)11-18-15-8-6-5-7-9-15;1-8(2)7-10(12)14-5-6-15-11(13)9(3)4;1-8(2)11(13)14-7-5-6-10(12)15-9(3)4;1-8(2)11(7-12-9(3)4)14-6-10-5-13-10;1-4-9(11)13-5-6-14-10(12)7-8(2)3;1-4-9(11)13-7-5-6-10(12)14-8(2)3;1-8(2)6-5-7-12-10(11)9(3)4;1-4-9(10)11-7-5-6-8(2)3/h5-8,11-12,14H,9-10H2,1-4H3;5-9,12-14H,10-11H2,1-4H3;8H,3,5-7H2,1-2,4H3;9H,1,5-7H2,2-4H3;8-11H,5-7H2,1-4H3;2*4,8H,1,5-7H2,2-3H3;8H,3,5-7H2,1-2,4H3;4,8H,1,5-7H2,2-3H3. The Labute approximate surface area is 807 Å². The summed E-state index contributed by atoms with van der Waals surface area (Å²) < 4.78 is 87.4. The highest BCUT2D eigenvalue weighted by molar-refractivity contribution is 7.99. The van der Waals surface area contributed by atoms with Crippen molar-refractivity contribution in [2.75, 3.05) is 97.4 Å². The van der Waals surface area contributed by atoms with Gasteiger partial charge in [-0.15, -0.1) is 23.5 Å². The van der Waals surface area contributed by atoms with Gasteiger partial charge in [0.05, 0.1) is 121 Å². The van der Waals surface area contributed by atoms with Crippen molar-refractivity contribution >= 4 is 94.8 Å². The third-order valence-corrected chi connectivity index (χ3v) is 17.8. The Kier molecular flexibility index (Phi) is 90.6. The van der Waals surface area contributed by atoms with Crippen molar-refractivity contribution < 1.29 is 128 Å². The van der Waals surface area contributed by atoms with E-state index in [9.17, 15) is 47.9 Å². The lowest BCUT2D eigenvalue weighted by molar-refractivity contribution is -0.150. The SMILES string of the molecule is C=C(C)C(=O)OCCCC(=O)OC(C)C.C=C(C)C(=O)OCCCC(C)C.C=C(C)C(=O)OCCOC(=O)CC(C)C.C=CC(=O)OCCCC(=O)OC(C)C.C=CC(=O)OCCCC(C)C.C=CC(=O)OCCOC(=O)CC(C)C.CC(C)OCC(CSc1ccc(Cl)cc1)OC(C)C.CC(C)OCC(CSc1ccccc1)OC(C)C.CC(C)OCC(OCC1CO1)C(C)C. The number of hydrogen-bond acceptors (Lipinski definition) is 29. The molecule has 30 heteroatoms. The molecule has 0 aromatic heterocycles. The molecule has 27 nitrogen and oxygen atoms in total. The maximum absolute atomic E-state index is 11.1. The first kappa shape index (κ1) is 135. The van der Waals surface area contributed by atoms with Crippen LogP contribution in [0.25, 0.3) is 0 Å². The molecule has 4 atom stereocenters. The number of benzene rings is 2. The number of carbonyl (C=O) groups excluding carboxylic acids is 10. The number of ether oxygens (including phenoxy) is 17. The van der Waals surface area contributed by atoms with Gasteiger partial charge in [0.1, 0.15) is 32.5 Å². The number of esters is 10. The van der Waals surface area contributed by atoms with E-state index in [4.69, 9.17) is 82.7 Å². The minimum atomic E-state index is -0.509. The van der Waals surface area contributed by atoms with Crippen molar-refractivity contribution in [3.8, 4) is 0 Å². The molecule has 1 heterocycles. The van der Waals surface area contributed by atoms with E-state index in [0.717, 1.165) is 61.0 Å². The van der Waals surface area contributed by atoms with Crippen LogP contribution in [-0.2, 0) is 128 Å². The lowest BCUT2D eigenvalue weighted by Crippen LogP contribution is -2.28. The van der Waals surface area contributed by atoms with Crippen molar-refractivity contribution in [2.45, 2.75) is 328 Å². The Morgan fingerprint density at radius 1 is 0.386 bits per heavy atom. The average molecular weight is 1930 g/mol. The highest BCUT2D eigenvalue weighted by Crippen LogP contribution is 2.24. The summed E-state index contributed by atoms with van der Waals surface area (Å²) in [6.45, 7) is 78.6. The topological polar surface area (TPSA) is 331 Å². The van der Waals surface area contributed by atoms with E-state index in [1.807, 2.05) is 97.5 Å². The second kappa shape index (κ2) is 88.6. The van der Waals surface area contributed by atoms with E-state index < -0.39 is 23.9 Å². The third kappa shape index (κ3) is 104. The summed E-state index contributed by atoms with van der Waals surface area (Å²) in [5, 5.41) is 0.766. The molecule has 0 N–H and O–H groups in total. The second-order valence-corrected chi connectivity index (χ2v) is 36.7. The molecule has 1 aliphatic rings. The average Bonchev–Trinajstić information content (AvgIpc) is 1.41. The summed E-state index contributed by atoms with van der Waals surface area (Å²) in [4.78, 5) is 111. The summed E-state index contributed by atoms with van der Waals surface area (Å²) in [6.07, 6.45) is 11.5. The first-order valence-corrected chi connectivity index (χ1v) is 48.2. The van der Waals surface area contributed by atoms with Crippen LogP contribution in [0, 0.1) is 29.6 Å². The fourth-order valence-electron chi connectivity index (χ4n) is 8.82.